The lowest BCUT2D eigenvalue weighted by molar-refractivity contribution is -0.120. The molecule has 0 unspecified atom stereocenters. The molecule has 1 fully saturated rings. The van der Waals surface area contributed by atoms with Gasteiger partial charge in [-0.3, -0.25) is 9.59 Å². The maximum Gasteiger partial charge on any atom is 0.250 e. The Labute approximate surface area is 102 Å². The maximum atomic E-state index is 12.2. The highest BCUT2D eigenvalue weighted by Crippen LogP contribution is 2.40. The third-order valence-corrected chi connectivity index (χ3v) is 4.31. The zero-order valence-electron chi connectivity index (χ0n) is 9.12. The average Bonchev–Trinajstić information content (AvgIpc) is 2.73. The Morgan fingerprint density at radius 2 is 2.18 bits per heavy atom. The molecule has 1 saturated heterocycles. The number of amides is 1. The van der Waals surface area contributed by atoms with Crippen LogP contribution in [0.2, 0.25) is 0 Å². The topological polar surface area (TPSA) is 71.3 Å². The Balaban J connectivity index is 1.97. The third-order valence-electron chi connectivity index (χ3n) is 3.32. The molecule has 0 saturated carbocycles. The minimum atomic E-state index is -0.526. The lowest BCUT2D eigenvalue weighted by Gasteiger charge is -2.39. The molecule has 1 aromatic heterocycles. The average molecular weight is 252 g/mol. The van der Waals surface area contributed by atoms with Gasteiger partial charge in [0, 0.05) is 0 Å². The van der Waals surface area contributed by atoms with E-state index in [0.717, 1.165) is 24.3 Å². The first-order valence-electron chi connectivity index (χ1n) is 5.49. The molecule has 5 nitrogen and oxygen atoms in total. The van der Waals surface area contributed by atoms with Crippen molar-refractivity contribution in [3.63, 3.8) is 0 Å². The molecular formula is C11H12N2O3S. The summed E-state index contributed by atoms with van der Waals surface area (Å²) >= 11 is 1.86. The Morgan fingerprint density at radius 3 is 2.88 bits per heavy atom. The van der Waals surface area contributed by atoms with E-state index in [4.69, 9.17) is 4.42 Å². The van der Waals surface area contributed by atoms with E-state index >= 15 is 0 Å². The molecule has 6 heteroatoms. The molecule has 2 aliphatic rings. The summed E-state index contributed by atoms with van der Waals surface area (Å²) in [5, 5.41) is 6.02. The fourth-order valence-electron chi connectivity index (χ4n) is 2.30. The summed E-state index contributed by atoms with van der Waals surface area (Å²) in [6, 6.07) is 0. The number of rotatable bonds is 1. The predicted molar refractivity (Wildman–Crippen MR) is 65.6 cm³/mol. The largest absolute Gasteiger partial charge is 0.457 e. The van der Waals surface area contributed by atoms with Crippen molar-refractivity contribution in [2.24, 2.45) is 0 Å². The number of carbonyl (C=O) groups excluding carboxylic acids is 2. The number of thioether (sulfide) groups is 1. The van der Waals surface area contributed by atoms with Crippen molar-refractivity contribution in [2.45, 2.75) is 18.4 Å². The fourth-order valence-corrected chi connectivity index (χ4v) is 3.49. The number of furan rings is 1. The van der Waals surface area contributed by atoms with Crippen LogP contribution >= 0.6 is 11.8 Å². The van der Waals surface area contributed by atoms with Crippen molar-refractivity contribution >= 4 is 35.3 Å². The zero-order valence-corrected chi connectivity index (χ0v) is 9.93. The Kier molecular flexibility index (Phi) is 2.39. The second kappa shape index (κ2) is 3.80. The standard InChI is InChI=1S/C11H12N2O3S/c14-5-8-9-7(6-16-8)13-11(10(15)12-9)1-3-17-4-2-11/h5-6,13H,1-4H2,(H,12,15). The van der Waals surface area contributed by atoms with E-state index in [2.05, 4.69) is 10.6 Å². The Hall–Kier alpha value is -1.43. The summed E-state index contributed by atoms with van der Waals surface area (Å²) in [6.45, 7) is 0. The van der Waals surface area contributed by atoms with Gasteiger partial charge in [0.25, 0.3) is 0 Å². The second-order valence-electron chi connectivity index (χ2n) is 4.28. The molecule has 90 valence electrons. The highest BCUT2D eigenvalue weighted by molar-refractivity contribution is 7.99. The van der Waals surface area contributed by atoms with Crippen LogP contribution in [0.3, 0.4) is 0 Å². The quantitative estimate of drug-likeness (QED) is 0.745. The molecule has 2 N–H and O–H groups in total. The summed E-state index contributed by atoms with van der Waals surface area (Å²) in [4.78, 5) is 22.9. The van der Waals surface area contributed by atoms with E-state index in [-0.39, 0.29) is 11.7 Å². The first-order chi connectivity index (χ1) is 8.25. The Morgan fingerprint density at radius 1 is 1.41 bits per heavy atom. The number of carbonyl (C=O) groups is 2. The van der Waals surface area contributed by atoms with Crippen LogP contribution in [0.4, 0.5) is 11.4 Å². The third kappa shape index (κ3) is 1.55. The molecule has 0 aromatic carbocycles. The molecule has 1 amide bonds. The molecule has 0 bridgehead atoms. The van der Waals surface area contributed by atoms with Gasteiger partial charge in [-0.25, -0.2) is 0 Å². The van der Waals surface area contributed by atoms with Gasteiger partial charge in [0.1, 0.15) is 17.5 Å². The minimum absolute atomic E-state index is 0.0604. The lowest BCUT2D eigenvalue weighted by atomic mass is 9.89. The van der Waals surface area contributed by atoms with Gasteiger partial charge in [0.2, 0.25) is 5.91 Å². The van der Waals surface area contributed by atoms with Crippen LogP contribution in [-0.4, -0.2) is 29.2 Å². The molecule has 3 heterocycles. The SMILES string of the molecule is O=Cc1occ2c1NC(=O)C1(CCSCC1)N2. The summed E-state index contributed by atoms with van der Waals surface area (Å²) in [7, 11) is 0. The van der Waals surface area contributed by atoms with Gasteiger partial charge in [-0.1, -0.05) is 0 Å². The predicted octanol–water partition coefficient (Wildman–Crippen LogP) is 1.72. The van der Waals surface area contributed by atoms with Gasteiger partial charge in [-0.2, -0.15) is 11.8 Å². The smallest absolute Gasteiger partial charge is 0.250 e. The van der Waals surface area contributed by atoms with Crippen LogP contribution in [0.1, 0.15) is 23.4 Å². The molecule has 0 radical (unpaired) electrons. The van der Waals surface area contributed by atoms with Gasteiger partial charge in [-0.15, -0.1) is 0 Å². The van der Waals surface area contributed by atoms with E-state index < -0.39 is 5.54 Å². The van der Waals surface area contributed by atoms with E-state index in [9.17, 15) is 9.59 Å². The van der Waals surface area contributed by atoms with Crippen LogP contribution in [0.5, 0.6) is 0 Å². The molecule has 3 rings (SSSR count). The summed E-state index contributed by atoms with van der Waals surface area (Å²) in [6.07, 6.45) is 3.69. The molecular weight excluding hydrogens is 240 g/mol. The molecule has 1 aromatic rings. The summed E-state index contributed by atoms with van der Waals surface area (Å²) < 4.78 is 5.10. The first-order valence-corrected chi connectivity index (χ1v) is 6.65. The molecule has 17 heavy (non-hydrogen) atoms. The normalized spacial score (nSPS) is 21.5. The van der Waals surface area contributed by atoms with Gasteiger partial charge in [-0.05, 0) is 24.3 Å². The highest BCUT2D eigenvalue weighted by atomic mass is 32.2. The van der Waals surface area contributed by atoms with Crippen molar-refractivity contribution in [3.8, 4) is 0 Å². The molecule has 0 aliphatic carbocycles. The lowest BCUT2D eigenvalue weighted by Crippen LogP contribution is -2.54. The molecule has 2 aliphatic heterocycles. The fraction of sp³-hybridized carbons (Fsp3) is 0.455. The van der Waals surface area contributed by atoms with Crippen molar-refractivity contribution in [1.29, 1.82) is 0 Å². The van der Waals surface area contributed by atoms with Gasteiger partial charge in [0.05, 0.1) is 5.69 Å². The van der Waals surface area contributed by atoms with Crippen molar-refractivity contribution in [3.05, 3.63) is 12.0 Å². The van der Waals surface area contributed by atoms with Gasteiger partial charge >= 0.3 is 0 Å². The Bertz CT molecular complexity index is 477. The number of nitrogens with one attached hydrogen (secondary N) is 2. The second-order valence-corrected chi connectivity index (χ2v) is 5.50. The number of anilines is 2. The summed E-state index contributed by atoms with van der Waals surface area (Å²) in [5.74, 6) is 2.04. The van der Waals surface area contributed by atoms with Crippen LogP contribution in [0.15, 0.2) is 10.7 Å². The monoisotopic (exact) mass is 252 g/mol. The van der Waals surface area contributed by atoms with Crippen molar-refractivity contribution in [2.75, 3.05) is 22.1 Å². The van der Waals surface area contributed by atoms with Crippen molar-refractivity contribution < 1.29 is 14.0 Å². The van der Waals surface area contributed by atoms with Crippen LogP contribution in [-0.2, 0) is 4.79 Å². The molecule has 1 spiro atoms. The minimum Gasteiger partial charge on any atom is -0.457 e. The maximum absolute atomic E-state index is 12.2. The van der Waals surface area contributed by atoms with Crippen LogP contribution < -0.4 is 10.6 Å². The van der Waals surface area contributed by atoms with Gasteiger partial charge < -0.3 is 15.1 Å². The van der Waals surface area contributed by atoms with Crippen LogP contribution in [0.25, 0.3) is 0 Å². The van der Waals surface area contributed by atoms with E-state index in [0.29, 0.717) is 17.7 Å². The summed E-state index contributed by atoms with van der Waals surface area (Å²) in [5.41, 5.74) is 0.648. The van der Waals surface area contributed by atoms with E-state index in [1.807, 2.05) is 11.8 Å². The van der Waals surface area contributed by atoms with E-state index in [1.165, 1.54) is 6.26 Å². The number of fused-ring (bicyclic) bond motifs is 1. The van der Waals surface area contributed by atoms with Crippen LogP contribution in [0, 0.1) is 0 Å². The zero-order chi connectivity index (χ0) is 11.9. The number of aldehydes is 1. The van der Waals surface area contributed by atoms with Gasteiger partial charge in [0.15, 0.2) is 12.0 Å². The highest BCUT2D eigenvalue weighted by Gasteiger charge is 2.44. The number of hydrogen-bond donors (Lipinski definition) is 2. The van der Waals surface area contributed by atoms with E-state index in [1.54, 1.807) is 0 Å². The number of hydrogen-bond acceptors (Lipinski definition) is 5. The van der Waals surface area contributed by atoms with Crippen molar-refractivity contribution in [1.82, 2.24) is 0 Å². The molecule has 0 atom stereocenters. The first kappa shape index (κ1) is 10.7.